The van der Waals surface area contributed by atoms with Crippen molar-refractivity contribution in [3.8, 4) is 11.5 Å². The van der Waals surface area contributed by atoms with Crippen molar-refractivity contribution in [3.63, 3.8) is 0 Å². The van der Waals surface area contributed by atoms with Gasteiger partial charge in [-0.15, -0.1) is 0 Å². The minimum atomic E-state index is -4.32. The molecule has 1 aromatic carbocycles. The lowest BCUT2D eigenvalue weighted by molar-refractivity contribution is -0.146. The van der Waals surface area contributed by atoms with E-state index in [1.807, 2.05) is 0 Å². The molecule has 0 unspecified atom stereocenters. The van der Waals surface area contributed by atoms with E-state index < -0.39 is 12.2 Å². The van der Waals surface area contributed by atoms with Crippen LogP contribution in [0, 0.1) is 0 Å². The largest absolute Gasteiger partial charge is 0.493 e. The molecule has 0 N–H and O–H groups in total. The van der Waals surface area contributed by atoms with Crippen LogP contribution < -0.4 is 9.47 Å². The van der Waals surface area contributed by atoms with Crippen LogP contribution in [0.15, 0.2) is 17.1 Å². The van der Waals surface area contributed by atoms with E-state index in [4.69, 9.17) is 9.47 Å². The summed E-state index contributed by atoms with van der Waals surface area (Å²) in [4.78, 5) is 3.53. The lowest BCUT2D eigenvalue weighted by Gasteiger charge is -2.22. The lowest BCUT2D eigenvalue weighted by Crippen LogP contribution is -2.31. The van der Waals surface area contributed by atoms with E-state index in [-0.39, 0.29) is 6.42 Å². The van der Waals surface area contributed by atoms with E-state index in [2.05, 4.69) is 4.99 Å². The van der Waals surface area contributed by atoms with Crippen molar-refractivity contribution >= 4 is 6.21 Å². The van der Waals surface area contributed by atoms with Crippen LogP contribution in [0.25, 0.3) is 0 Å². The maximum atomic E-state index is 12.6. The van der Waals surface area contributed by atoms with Gasteiger partial charge in [-0.2, -0.15) is 13.2 Å². The molecule has 0 aromatic heterocycles. The summed E-state index contributed by atoms with van der Waals surface area (Å²) in [7, 11) is 2.92. The number of hydrogen-bond donors (Lipinski definition) is 0. The fourth-order valence-electron chi connectivity index (χ4n) is 1.87. The Morgan fingerprint density at radius 3 is 2.33 bits per heavy atom. The molecule has 98 valence electrons. The summed E-state index contributed by atoms with van der Waals surface area (Å²) in [6.07, 6.45) is -3.25. The molecule has 1 atom stereocenters. The third-order valence-corrected chi connectivity index (χ3v) is 2.83. The highest BCUT2D eigenvalue weighted by Crippen LogP contribution is 2.35. The standard InChI is InChI=1S/C12H12F3NO2/c1-17-9-3-7-5-11(12(13,14)15)16-6-8(7)4-10(9)18-2/h3-4,6,11H,5H2,1-2H3/t11-/m0/s1. The summed E-state index contributed by atoms with van der Waals surface area (Å²) in [5.41, 5.74) is 1.19. The number of halogens is 3. The van der Waals surface area contributed by atoms with Gasteiger partial charge in [0, 0.05) is 12.6 Å². The van der Waals surface area contributed by atoms with E-state index >= 15 is 0 Å². The number of nitrogens with zero attached hydrogens (tertiary/aromatic N) is 1. The zero-order chi connectivity index (χ0) is 13.3. The maximum Gasteiger partial charge on any atom is 0.411 e. The van der Waals surface area contributed by atoms with Crippen molar-refractivity contribution in [3.05, 3.63) is 23.3 Å². The molecular weight excluding hydrogens is 247 g/mol. The van der Waals surface area contributed by atoms with E-state index in [9.17, 15) is 13.2 Å². The molecule has 18 heavy (non-hydrogen) atoms. The zero-order valence-electron chi connectivity index (χ0n) is 9.91. The smallest absolute Gasteiger partial charge is 0.411 e. The van der Waals surface area contributed by atoms with Gasteiger partial charge in [-0.1, -0.05) is 0 Å². The van der Waals surface area contributed by atoms with Gasteiger partial charge in [0.15, 0.2) is 11.5 Å². The highest BCUT2D eigenvalue weighted by Gasteiger charge is 2.40. The molecule has 0 aliphatic carbocycles. The minimum Gasteiger partial charge on any atom is -0.493 e. The van der Waals surface area contributed by atoms with Gasteiger partial charge >= 0.3 is 6.18 Å². The third kappa shape index (κ3) is 2.27. The normalized spacial score (nSPS) is 18.4. The highest BCUT2D eigenvalue weighted by atomic mass is 19.4. The van der Waals surface area contributed by atoms with E-state index in [1.54, 1.807) is 12.1 Å². The molecule has 1 aliphatic rings. The molecule has 2 rings (SSSR count). The number of aliphatic imine (C=N–C) groups is 1. The van der Waals surface area contributed by atoms with Crippen molar-refractivity contribution in [1.82, 2.24) is 0 Å². The summed E-state index contributed by atoms with van der Waals surface area (Å²) >= 11 is 0. The van der Waals surface area contributed by atoms with Crippen molar-refractivity contribution in [2.24, 2.45) is 4.99 Å². The predicted octanol–water partition coefficient (Wildman–Crippen LogP) is 2.61. The van der Waals surface area contributed by atoms with Crippen LogP contribution in [-0.4, -0.2) is 32.7 Å². The molecule has 0 bridgehead atoms. The molecule has 1 heterocycles. The Bertz CT molecular complexity index is 483. The molecular formula is C12H12F3NO2. The number of rotatable bonds is 2. The number of fused-ring (bicyclic) bond motifs is 1. The Labute approximate surface area is 102 Å². The van der Waals surface area contributed by atoms with Crippen molar-refractivity contribution in [2.75, 3.05) is 14.2 Å². The fourth-order valence-corrected chi connectivity index (χ4v) is 1.87. The number of benzene rings is 1. The fraction of sp³-hybridized carbons (Fsp3) is 0.417. The van der Waals surface area contributed by atoms with Crippen LogP contribution in [0.5, 0.6) is 11.5 Å². The van der Waals surface area contributed by atoms with Gasteiger partial charge in [0.05, 0.1) is 14.2 Å². The van der Waals surface area contributed by atoms with Gasteiger partial charge in [0.2, 0.25) is 0 Å². The average Bonchev–Trinajstić information content (AvgIpc) is 2.35. The summed E-state index contributed by atoms with van der Waals surface area (Å²) in [6.45, 7) is 0. The maximum absolute atomic E-state index is 12.6. The predicted molar refractivity (Wildman–Crippen MR) is 60.7 cm³/mol. The summed E-state index contributed by atoms with van der Waals surface area (Å²) in [5, 5.41) is 0. The molecule has 0 amide bonds. The molecule has 1 aromatic rings. The first-order valence-electron chi connectivity index (χ1n) is 5.30. The topological polar surface area (TPSA) is 30.8 Å². The second kappa shape index (κ2) is 4.51. The molecule has 0 saturated carbocycles. The minimum absolute atomic E-state index is 0.171. The number of ether oxygens (including phenoxy) is 2. The monoisotopic (exact) mass is 259 g/mol. The molecule has 0 spiro atoms. The first kappa shape index (κ1) is 12.7. The lowest BCUT2D eigenvalue weighted by atomic mass is 9.97. The van der Waals surface area contributed by atoms with Crippen molar-refractivity contribution in [2.45, 2.75) is 18.6 Å². The van der Waals surface area contributed by atoms with Gasteiger partial charge < -0.3 is 9.47 Å². The second-order valence-corrected chi connectivity index (χ2v) is 3.95. The van der Waals surface area contributed by atoms with Gasteiger partial charge in [-0.3, -0.25) is 4.99 Å². The van der Waals surface area contributed by atoms with E-state index in [0.29, 0.717) is 22.6 Å². The number of alkyl halides is 3. The van der Waals surface area contributed by atoms with Crippen LogP contribution in [0.2, 0.25) is 0 Å². The zero-order valence-corrected chi connectivity index (χ0v) is 9.91. The van der Waals surface area contributed by atoms with Gasteiger partial charge in [-0.25, -0.2) is 0 Å². The van der Waals surface area contributed by atoms with E-state index in [1.165, 1.54) is 20.4 Å². The van der Waals surface area contributed by atoms with Crippen molar-refractivity contribution in [1.29, 1.82) is 0 Å². The Balaban J connectivity index is 2.39. The molecule has 3 nitrogen and oxygen atoms in total. The Morgan fingerprint density at radius 2 is 1.78 bits per heavy atom. The highest BCUT2D eigenvalue weighted by molar-refractivity contribution is 5.84. The summed E-state index contributed by atoms with van der Waals surface area (Å²) < 4.78 is 47.9. The molecule has 1 aliphatic heterocycles. The first-order valence-corrected chi connectivity index (χ1v) is 5.30. The second-order valence-electron chi connectivity index (χ2n) is 3.95. The van der Waals surface area contributed by atoms with Crippen LogP contribution in [0.1, 0.15) is 11.1 Å². The average molecular weight is 259 g/mol. The Kier molecular flexibility index (Phi) is 3.19. The molecule has 0 saturated heterocycles. The quantitative estimate of drug-likeness (QED) is 0.817. The number of hydrogen-bond acceptors (Lipinski definition) is 3. The number of methoxy groups -OCH3 is 2. The SMILES string of the molecule is COc1cc2c(cc1OC)C[C@@H](C(F)(F)F)N=C2. The van der Waals surface area contributed by atoms with Gasteiger partial charge in [0.25, 0.3) is 0 Å². The first-order chi connectivity index (χ1) is 8.45. The van der Waals surface area contributed by atoms with Crippen LogP contribution in [0.3, 0.4) is 0 Å². The molecule has 0 fully saturated rings. The van der Waals surface area contributed by atoms with Crippen molar-refractivity contribution < 1.29 is 22.6 Å². The van der Waals surface area contributed by atoms with Crippen LogP contribution >= 0.6 is 0 Å². The summed E-state index contributed by atoms with van der Waals surface area (Å²) in [6, 6.07) is 1.52. The Morgan fingerprint density at radius 1 is 1.17 bits per heavy atom. The van der Waals surface area contributed by atoms with Gasteiger partial charge in [0.1, 0.15) is 6.04 Å². The molecule has 6 heteroatoms. The van der Waals surface area contributed by atoms with Gasteiger partial charge in [-0.05, 0) is 23.3 Å². The van der Waals surface area contributed by atoms with Crippen LogP contribution in [-0.2, 0) is 6.42 Å². The third-order valence-electron chi connectivity index (χ3n) is 2.83. The Hall–Kier alpha value is -1.72. The van der Waals surface area contributed by atoms with Crippen LogP contribution in [0.4, 0.5) is 13.2 Å². The molecule has 0 radical (unpaired) electrons. The van der Waals surface area contributed by atoms with E-state index in [0.717, 1.165) is 0 Å². The summed E-state index contributed by atoms with van der Waals surface area (Å²) in [5.74, 6) is 0.903.